The van der Waals surface area contributed by atoms with Crippen molar-refractivity contribution in [1.29, 1.82) is 0 Å². The number of hydrogen-bond acceptors (Lipinski definition) is 4. The van der Waals surface area contributed by atoms with Crippen molar-refractivity contribution in [3.8, 4) is 0 Å². The topological polar surface area (TPSA) is 47.6 Å². The second kappa shape index (κ2) is 6.97. The zero-order valence-corrected chi connectivity index (χ0v) is 11.3. The Morgan fingerprint density at radius 2 is 2.12 bits per heavy atom. The SMILES string of the molecule is CC(C)COCCOC(=O)C1(C)CCCCN1. The number of carbonyl (C=O) groups excluding carboxylic acids is 1. The highest BCUT2D eigenvalue weighted by molar-refractivity contribution is 5.80. The highest BCUT2D eigenvalue weighted by atomic mass is 16.6. The summed E-state index contributed by atoms with van der Waals surface area (Å²) in [7, 11) is 0. The molecular formula is C13H25NO3. The summed E-state index contributed by atoms with van der Waals surface area (Å²) in [6, 6.07) is 0. The predicted octanol–water partition coefficient (Wildman–Crippen LogP) is 1.73. The molecule has 1 saturated heterocycles. The zero-order chi connectivity index (χ0) is 12.7. The van der Waals surface area contributed by atoms with Crippen molar-refractivity contribution >= 4 is 5.97 Å². The van der Waals surface area contributed by atoms with Crippen molar-refractivity contribution in [2.75, 3.05) is 26.4 Å². The van der Waals surface area contributed by atoms with Crippen molar-refractivity contribution in [2.45, 2.75) is 45.6 Å². The van der Waals surface area contributed by atoms with Crippen molar-refractivity contribution < 1.29 is 14.3 Å². The molecule has 1 fully saturated rings. The molecule has 0 aliphatic carbocycles. The van der Waals surface area contributed by atoms with E-state index >= 15 is 0 Å². The zero-order valence-electron chi connectivity index (χ0n) is 11.3. The Morgan fingerprint density at radius 1 is 1.35 bits per heavy atom. The van der Waals surface area contributed by atoms with Crippen LogP contribution in [0.2, 0.25) is 0 Å². The Kier molecular flexibility index (Phi) is 5.92. The number of nitrogens with one attached hydrogen (secondary N) is 1. The molecule has 1 atom stereocenters. The van der Waals surface area contributed by atoms with Crippen LogP contribution >= 0.6 is 0 Å². The third-order valence-corrected chi connectivity index (χ3v) is 2.98. The summed E-state index contributed by atoms with van der Waals surface area (Å²) in [5.74, 6) is 0.369. The molecule has 1 heterocycles. The minimum Gasteiger partial charge on any atom is -0.462 e. The molecule has 17 heavy (non-hydrogen) atoms. The van der Waals surface area contributed by atoms with Gasteiger partial charge in [-0.25, -0.2) is 0 Å². The van der Waals surface area contributed by atoms with Crippen LogP contribution in [0.25, 0.3) is 0 Å². The van der Waals surface area contributed by atoms with Crippen LogP contribution in [-0.2, 0) is 14.3 Å². The molecule has 100 valence electrons. The van der Waals surface area contributed by atoms with Crippen LogP contribution in [0, 0.1) is 5.92 Å². The van der Waals surface area contributed by atoms with Gasteiger partial charge in [-0.15, -0.1) is 0 Å². The van der Waals surface area contributed by atoms with Crippen LogP contribution in [0.4, 0.5) is 0 Å². The maximum atomic E-state index is 11.9. The number of carbonyl (C=O) groups is 1. The number of hydrogen-bond donors (Lipinski definition) is 1. The molecule has 1 rings (SSSR count). The van der Waals surface area contributed by atoms with E-state index in [1.54, 1.807) is 0 Å². The fourth-order valence-corrected chi connectivity index (χ4v) is 1.90. The maximum Gasteiger partial charge on any atom is 0.326 e. The lowest BCUT2D eigenvalue weighted by Gasteiger charge is -2.32. The molecule has 0 aromatic rings. The van der Waals surface area contributed by atoms with Crippen LogP contribution < -0.4 is 5.32 Å². The van der Waals surface area contributed by atoms with Gasteiger partial charge in [0.05, 0.1) is 6.61 Å². The molecular weight excluding hydrogens is 218 g/mol. The molecule has 0 spiro atoms. The molecule has 1 aliphatic heterocycles. The Labute approximate surface area is 104 Å². The summed E-state index contributed by atoms with van der Waals surface area (Å²) < 4.78 is 10.6. The largest absolute Gasteiger partial charge is 0.462 e. The van der Waals surface area contributed by atoms with Gasteiger partial charge in [0.2, 0.25) is 0 Å². The minimum absolute atomic E-state index is 0.148. The Hall–Kier alpha value is -0.610. The van der Waals surface area contributed by atoms with Crippen LogP contribution in [0.1, 0.15) is 40.0 Å². The lowest BCUT2D eigenvalue weighted by atomic mass is 9.91. The van der Waals surface area contributed by atoms with Crippen molar-refractivity contribution in [3.63, 3.8) is 0 Å². The van der Waals surface area contributed by atoms with Gasteiger partial charge in [0, 0.05) is 6.61 Å². The Balaban J connectivity index is 2.15. The van der Waals surface area contributed by atoms with Gasteiger partial charge in [-0.3, -0.25) is 4.79 Å². The monoisotopic (exact) mass is 243 g/mol. The molecule has 0 bridgehead atoms. The van der Waals surface area contributed by atoms with Crippen molar-refractivity contribution in [3.05, 3.63) is 0 Å². The first-order valence-electron chi connectivity index (χ1n) is 6.54. The first-order chi connectivity index (χ1) is 8.04. The summed E-state index contributed by atoms with van der Waals surface area (Å²) in [4.78, 5) is 11.9. The quantitative estimate of drug-likeness (QED) is 0.570. The second-order valence-electron chi connectivity index (χ2n) is 5.32. The van der Waals surface area contributed by atoms with Gasteiger partial charge in [0.1, 0.15) is 12.1 Å². The lowest BCUT2D eigenvalue weighted by molar-refractivity contribution is -0.153. The molecule has 0 amide bonds. The molecule has 1 unspecified atom stereocenters. The molecule has 0 aromatic heterocycles. The van der Waals surface area contributed by atoms with Crippen LogP contribution in [0.5, 0.6) is 0 Å². The van der Waals surface area contributed by atoms with Gasteiger partial charge in [-0.2, -0.15) is 0 Å². The predicted molar refractivity (Wildman–Crippen MR) is 66.9 cm³/mol. The fraction of sp³-hybridized carbons (Fsp3) is 0.923. The lowest BCUT2D eigenvalue weighted by Crippen LogP contribution is -2.53. The van der Waals surface area contributed by atoms with E-state index in [1.807, 2.05) is 6.92 Å². The van der Waals surface area contributed by atoms with E-state index in [4.69, 9.17) is 9.47 Å². The molecule has 0 radical (unpaired) electrons. The van der Waals surface area contributed by atoms with Crippen LogP contribution in [0.3, 0.4) is 0 Å². The standard InChI is InChI=1S/C13H25NO3/c1-11(2)10-16-8-9-17-12(15)13(3)6-4-5-7-14-13/h11,14H,4-10H2,1-3H3. The smallest absolute Gasteiger partial charge is 0.326 e. The van der Waals surface area contributed by atoms with E-state index in [9.17, 15) is 4.79 Å². The van der Waals surface area contributed by atoms with E-state index in [0.29, 0.717) is 25.7 Å². The first-order valence-corrected chi connectivity index (χ1v) is 6.54. The average Bonchev–Trinajstić information content (AvgIpc) is 2.29. The van der Waals surface area contributed by atoms with Gasteiger partial charge in [-0.1, -0.05) is 13.8 Å². The van der Waals surface area contributed by atoms with Crippen molar-refractivity contribution in [2.24, 2.45) is 5.92 Å². The highest BCUT2D eigenvalue weighted by Crippen LogP contribution is 2.19. The fourth-order valence-electron chi connectivity index (χ4n) is 1.90. The summed E-state index contributed by atoms with van der Waals surface area (Å²) >= 11 is 0. The molecule has 1 N–H and O–H groups in total. The summed E-state index contributed by atoms with van der Waals surface area (Å²) in [6.07, 6.45) is 3.08. The normalized spacial score (nSPS) is 24.9. The van der Waals surface area contributed by atoms with Gasteiger partial charge in [-0.05, 0) is 38.6 Å². The van der Waals surface area contributed by atoms with Crippen LogP contribution in [0.15, 0.2) is 0 Å². The molecule has 0 saturated carbocycles. The third-order valence-electron chi connectivity index (χ3n) is 2.98. The molecule has 4 heteroatoms. The van der Waals surface area contributed by atoms with E-state index in [2.05, 4.69) is 19.2 Å². The maximum absolute atomic E-state index is 11.9. The summed E-state index contributed by atoms with van der Waals surface area (Å²) in [5.41, 5.74) is -0.490. The molecule has 1 aliphatic rings. The Morgan fingerprint density at radius 3 is 2.71 bits per heavy atom. The summed E-state index contributed by atoms with van der Waals surface area (Å²) in [5, 5.41) is 3.24. The number of esters is 1. The average molecular weight is 243 g/mol. The third kappa shape index (κ3) is 5.04. The number of rotatable bonds is 6. The van der Waals surface area contributed by atoms with Gasteiger partial charge in [0.25, 0.3) is 0 Å². The number of piperidine rings is 1. The van der Waals surface area contributed by atoms with Gasteiger partial charge >= 0.3 is 5.97 Å². The highest BCUT2D eigenvalue weighted by Gasteiger charge is 2.35. The van der Waals surface area contributed by atoms with Gasteiger partial charge in [0.15, 0.2) is 0 Å². The van der Waals surface area contributed by atoms with Gasteiger partial charge < -0.3 is 14.8 Å². The Bertz CT molecular complexity index is 235. The minimum atomic E-state index is -0.490. The second-order valence-corrected chi connectivity index (χ2v) is 5.32. The van der Waals surface area contributed by atoms with Crippen LogP contribution in [-0.4, -0.2) is 37.9 Å². The first kappa shape index (κ1) is 14.5. The summed E-state index contributed by atoms with van der Waals surface area (Å²) in [6.45, 7) is 8.56. The van der Waals surface area contributed by atoms with E-state index in [-0.39, 0.29) is 5.97 Å². The van der Waals surface area contributed by atoms with E-state index < -0.39 is 5.54 Å². The van der Waals surface area contributed by atoms with E-state index in [1.165, 1.54) is 0 Å². The van der Waals surface area contributed by atoms with E-state index in [0.717, 1.165) is 25.8 Å². The van der Waals surface area contributed by atoms with Crippen molar-refractivity contribution in [1.82, 2.24) is 5.32 Å². The molecule has 4 nitrogen and oxygen atoms in total. The number of ether oxygens (including phenoxy) is 2. The molecule has 0 aromatic carbocycles.